The van der Waals surface area contributed by atoms with Crippen LogP contribution in [0.5, 0.6) is 0 Å². The third-order valence-electron chi connectivity index (χ3n) is 5.95. The summed E-state index contributed by atoms with van der Waals surface area (Å²) in [6, 6.07) is 21.1. The van der Waals surface area contributed by atoms with Gasteiger partial charge in [0.2, 0.25) is 0 Å². The van der Waals surface area contributed by atoms with Crippen LogP contribution in [0.3, 0.4) is 0 Å². The molecule has 0 amide bonds. The van der Waals surface area contributed by atoms with Crippen molar-refractivity contribution in [3.8, 4) is 0 Å². The van der Waals surface area contributed by atoms with Crippen molar-refractivity contribution in [2.45, 2.75) is 58.3 Å². The Kier molecular flexibility index (Phi) is 6.89. The molecule has 1 heterocycles. The highest BCUT2D eigenvalue weighted by molar-refractivity contribution is 6.99. The Labute approximate surface area is 187 Å². The minimum atomic E-state index is -2.60. The van der Waals surface area contributed by atoms with Crippen LogP contribution in [0, 0.1) is 0 Å². The van der Waals surface area contributed by atoms with Gasteiger partial charge in [-0.05, 0) is 42.3 Å². The number of esters is 1. The molecule has 1 aliphatic rings. The van der Waals surface area contributed by atoms with E-state index >= 15 is 0 Å². The van der Waals surface area contributed by atoms with Crippen molar-refractivity contribution < 1.29 is 18.7 Å². The first-order chi connectivity index (χ1) is 14.6. The van der Waals surface area contributed by atoms with E-state index in [-0.39, 0.29) is 17.1 Å². The summed E-state index contributed by atoms with van der Waals surface area (Å²) >= 11 is 0. The summed E-state index contributed by atoms with van der Waals surface area (Å²) in [6.45, 7) is 13.2. The Morgan fingerprint density at radius 1 is 1.06 bits per heavy atom. The lowest BCUT2D eigenvalue weighted by molar-refractivity contribution is -0.138. The average molecular weight is 439 g/mol. The lowest BCUT2D eigenvalue weighted by Crippen LogP contribution is -2.66. The first-order valence-corrected chi connectivity index (χ1v) is 12.8. The van der Waals surface area contributed by atoms with E-state index in [0.717, 1.165) is 0 Å². The van der Waals surface area contributed by atoms with Gasteiger partial charge in [0.1, 0.15) is 11.7 Å². The Morgan fingerprint density at radius 3 is 2.03 bits per heavy atom. The van der Waals surface area contributed by atoms with Crippen LogP contribution < -0.4 is 10.4 Å². The van der Waals surface area contributed by atoms with E-state index in [0.29, 0.717) is 18.8 Å². The number of carbonyl (C=O) groups excluding carboxylic acids is 1. The number of epoxide rings is 1. The van der Waals surface area contributed by atoms with Crippen molar-refractivity contribution in [3.05, 3.63) is 72.3 Å². The zero-order valence-electron chi connectivity index (χ0n) is 19.5. The molecule has 2 atom stereocenters. The van der Waals surface area contributed by atoms with Gasteiger partial charge in [0.05, 0.1) is 13.2 Å². The molecule has 2 aromatic carbocycles. The molecule has 166 valence electrons. The van der Waals surface area contributed by atoms with E-state index in [1.165, 1.54) is 10.4 Å². The summed E-state index contributed by atoms with van der Waals surface area (Å²) in [7, 11) is -2.60. The smallest absolute Gasteiger partial charge is 0.333 e. The van der Waals surface area contributed by atoms with Crippen molar-refractivity contribution in [2.24, 2.45) is 0 Å². The number of benzene rings is 2. The molecule has 0 radical (unpaired) electrons. The number of hydrogen-bond acceptors (Lipinski definition) is 4. The maximum absolute atomic E-state index is 12.0. The van der Waals surface area contributed by atoms with Gasteiger partial charge in [-0.1, -0.05) is 81.4 Å². The molecule has 0 unspecified atom stereocenters. The molecule has 0 saturated carbocycles. The lowest BCUT2D eigenvalue weighted by Gasteiger charge is -2.43. The number of rotatable bonds is 8. The van der Waals surface area contributed by atoms with Gasteiger partial charge >= 0.3 is 5.97 Å². The van der Waals surface area contributed by atoms with Gasteiger partial charge in [-0.2, -0.15) is 0 Å². The van der Waals surface area contributed by atoms with Crippen molar-refractivity contribution in [1.82, 2.24) is 0 Å². The number of carbonyl (C=O) groups is 1. The third-order valence-corrected chi connectivity index (χ3v) is 11.0. The van der Waals surface area contributed by atoms with Crippen LogP contribution in [0.1, 0.15) is 41.5 Å². The molecule has 1 aliphatic heterocycles. The highest BCUT2D eigenvalue weighted by Crippen LogP contribution is 2.42. The predicted octanol–water partition coefficient (Wildman–Crippen LogP) is 4.23. The molecular formula is C26H34O4Si. The Balaban J connectivity index is 1.90. The highest BCUT2D eigenvalue weighted by Gasteiger charge is 2.55. The summed E-state index contributed by atoms with van der Waals surface area (Å²) in [4.78, 5) is 12.0. The standard InChI is InChI=1S/C26H34O4Si/c1-7-28-24(27)20(2)18-26(6)23(30-26)19-29-31(25(3,4)5,21-14-10-8-11-15-21)22-16-12-9-13-17-22/h8-18,23H,7,19H2,1-6H3/b20-18+/t23-,26-/m1/s1. The largest absolute Gasteiger partial charge is 0.463 e. The summed E-state index contributed by atoms with van der Waals surface area (Å²) < 4.78 is 18.0. The lowest BCUT2D eigenvalue weighted by atomic mass is 10.1. The second kappa shape index (κ2) is 9.11. The van der Waals surface area contributed by atoms with Crippen LogP contribution in [0.2, 0.25) is 5.04 Å². The Morgan fingerprint density at radius 2 is 1.58 bits per heavy atom. The van der Waals surface area contributed by atoms with E-state index in [9.17, 15) is 4.79 Å². The quantitative estimate of drug-likeness (QED) is 0.268. The highest BCUT2D eigenvalue weighted by atomic mass is 28.4. The molecule has 5 heteroatoms. The van der Waals surface area contributed by atoms with Gasteiger partial charge in [0.15, 0.2) is 0 Å². The zero-order valence-corrected chi connectivity index (χ0v) is 20.5. The van der Waals surface area contributed by atoms with E-state index in [4.69, 9.17) is 13.9 Å². The first-order valence-electron chi connectivity index (χ1n) is 10.9. The fourth-order valence-electron chi connectivity index (χ4n) is 4.29. The molecule has 0 spiro atoms. The molecule has 0 aromatic heterocycles. The van der Waals surface area contributed by atoms with Crippen molar-refractivity contribution >= 4 is 24.7 Å². The van der Waals surface area contributed by atoms with E-state index in [2.05, 4.69) is 69.3 Å². The number of hydrogen-bond donors (Lipinski definition) is 0. The molecule has 1 saturated heterocycles. The maximum Gasteiger partial charge on any atom is 0.333 e. The minimum Gasteiger partial charge on any atom is -0.463 e. The summed E-state index contributed by atoms with van der Waals surface area (Å²) in [5.41, 5.74) is 0.0553. The van der Waals surface area contributed by atoms with Gasteiger partial charge in [0, 0.05) is 5.57 Å². The number of ether oxygens (including phenoxy) is 2. The van der Waals surface area contributed by atoms with Crippen LogP contribution in [0.25, 0.3) is 0 Å². The van der Waals surface area contributed by atoms with Gasteiger partial charge < -0.3 is 13.9 Å². The summed E-state index contributed by atoms with van der Waals surface area (Å²) in [5.74, 6) is -0.300. The third kappa shape index (κ3) is 4.84. The molecule has 31 heavy (non-hydrogen) atoms. The van der Waals surface area contributed by atoms with Crippen LogP contribution in [0.4, 0.5) is 0 Å². The van der Waals surface area contributed by atoms with Gasteiger partial charge in [-0.15, -0.1) is 0 Å². The van der Waals surface area contributed by atoms with Crippen molar-refractivity contribution in [1.29, 1.82) is 0 Å². The van der Waals surface area contributed by atoms with Gasteiger partial charge in [0.25, 0.3) is 8.32 Å². The van der Waals surface area contributed by atoms with Crippen LogP contribution in [-0.4, -0.2) is 39.2 Å². The van der Waals surface area contributed by atoms with Crippen LogP contribution in [-0.2, 0) is 18.7 Å². The van der Waals surface area contributed by atoms with Crippen LogP contribution >= 0.6 is 0 Å². The van der Waals surface area contributed by atoms with Crippen molar-refractivity contribution in [2.75, 3.05) is 13.2 Å². The van der Waals surface area contributed by atoms with E-state index < -0.39 is 13.9 Å². The predicted molar refractivity (Wildman–Crippen MR) is 127 cm³/mol. The second-order valence-corrected chi connectivity index (χ2v) is 13.6. The molecule has 4 nitrogen and oxygen atoms in total. The molecule has 2 aromatic rings. The molecule has 1 fully saturated rings. The van der Waals surface area contributed by atoms with Crippen LogP contribution in [0.15, 0.2) is 72.3 Å². The summed E-state index contributed by atoms with van der Waals surface area (Å²) in [5, 5.41) is 2.40. The fourth-order valence-corrected chi connectivity index (χ4v) is 8.85. The first kappa shape index (κ1) is 23.5. The second-order valence-electron chi connectivity index (χ2n) is 9.31. The van der Waals surface area contributed by atoms with Gasteiger partial charge in [-0.3, -0.25) is 0 Å². The molecular weight excluding hydrogens is 404 g/mol. The molecule has 3 rings (SSSR count). The van der Waals surface area contributed by atoms with E-state index in [1.54, 1.807) is 13.8 Å². The Hall–Kier alpha value is -2.21. The van der Waals surface area contributed by atoms with Crippen molar-refractivity contribution in [3.63, 3.8) is 0 Å². The molecule has 0 N–H and O–H groups in total. The normalized spacial score (nSPS) is 21.6. The average Bonchev–Trinajstić information content (AvgIpc) is 3.38. The minimum absolute atomic E-state index is 0.0856. The van der Waals surface area contributed by atoms with E-state index in [1.807, 2.05) is 25.1 Å². The topological polar surface area (TPSA) is 48.1 Å². The monoisotopic (exact) mass is 438 g/mol. The summed E-state index contributed by atoms with van der Waals surface area (Å²) in [6.07, 6.45) is 1.77. The zero-order chi connectivity index (χ0) is 22.7. The molecule has 0 aliphatic carbocycles. The SMILES string of the molecule is CCOC(=O)/C(C)=C/[C@@]1(C)O[C@@H]1CO[Si](c1ccccc1)(c1ccccc1)C(C)(C)C. The van der Waals surface area contributed by atoms with Gasteiger partial charge in [-0.25, -0.2) is 4.79 Å². The molecule has 0 bridgehead atoms. The fraction of sp³-hybridized carbons (Fsp3) is 0.423. The Bertz CT molecular complexity index is 878. The maximum atomic E-state index is 12.0.